The van der Waals surface area contributed by atoms with E-state index in [1.54, 1.807) is 18.7 Å². The molecule has 0 amide bonds. The molecule has 0 aliphatic heterocycles. The standard InChI is InChI=1S/C15H22N4O3/c1-9-6-5-7-10(8-9)22-14-16-12-11(17(14)2)13(20)19(4)15(21)18(12)3/h9-10H,5-8H2,1-4H3/t9-,10-/m0/s1. The SMILES string of the molecule is C[C@H]1CCC[C@H](Oc2nc3c(c(=O)n(C)c(=O)n3C)n2C)C1. The van der Waals surface area contributed by atoms with Gasteiger partial charge in [-0.2, -0.15) is 4.98 Å². The molecule has 0 bridgehead atoms. The highest BCUT2D eigenvalue weighted by Gasteiger charge is 2.24. The van der Waals surface area contributed by atoms with Crippen molar-refractivity contribution in [3.05, 3.63) is 20.8 Å². The summed E-state index contributed by atoms with van der Waals surface area (Å²) in [5.74, 6) is 0.644. The lowest BCUT2D eigenvalue weighted by Crippen LogP contribution is -2.37. The normalized spacial score (nSPS) is 22.2. The van der Waals surface area contributed by atoms with E-state index in [1.807, 2.05) is 0 Å². The van der Waals surface area contributed by atoms with Crippen LogP contribution in [0.5, 0.6) is 6.01 Å². The average molecular weight is 306 g/mol. The van der Waals surface area contributed by atoms with Gasteiger partial charge in [0.25, 0.3) is 11.6 Å². The topological polar surface area (TPSA) is 71.1 Å². The summed E-state index contributed by atoms with van der Waals surface area (Å²) in [7, 11) is 4.84. The van der Waals surface area contributed by atoms with Gasteiger partial charge in [-0.1, -0.05) is 13.3 Å². The first-order valence-electron chi connectivity index (χ1n) is 7.69. The predicted molar refractivity (Wildman–Crippen MR) is 83.2 cm³/mol. The van der Waals surface area contributed by atoms with Crippen LogP contribution in [0.3, 0.4) is 0 Å². The number of imidazole rings is 1. The number of rotatable bonds is 2. The summed E-state index contributed by atoms with van der Waals surface area (Å²) in [6.45, 7) is 2.23. The molecule has 1 saturated carbocycles. The second-order valence-corrected chi connectivity index (χ2v) is 6.34. The quantitative estimate of drug-likeness (QED) is 0.827. The lowest BCUT2D eigenvalue weighted by Gasteiger charge is -2.26. The molecule has 0 aromatic carbocycles. The summed E-state index contributed by atoms with van der Waals surface area (Å²) in [6, 6.07) is 0.410. The van der Waals surface area contributed by atoms with Crippen molar-refractivity contribution in [3.8, 4) is 6.01 Å². The molecular weight excluding hydrogens is 284 g/mol. The van der Waals surface area contributed by atoms with Gasteiger partial charge in [-0.3, -0.25) is 18.5 Å². The van der Waals surface area contributed by atoms with Gasteiger partial charge < -0.3 is 4.74 Å². The van der Waals surface area contributed by atoms with Gasteiger partial charge >= 0.3 is 5.69 Å². The summed E-state index contributed by atoms with van der Waals surface area (Å²) in [5.41, 5.74) is 0.0336. The molecule has 2 atom stereocenters. The maximum Gasteiger partial charge on any atom is 0.332 e. The fourth-order valence-electron chi connectivity index (χ4n) is 3.24. The monoisotopic (exact) mass is 306 g/mol. The number of ether oxygens (including phenoxy) is 1. The summed E-state index contributed by atoms with van der Waals surface area (Å²) in [4.78, 5) is 28.7. The Balaban J connectivity index is 2.07. The van der Waals surface area contributed by atoms with Crippen LogP contribution in [0.1, 0.15) is 32.6 Å². The zero-order valence-electron chi connectivity index (χ0n) is 13.5. The van der Waals surface area contributed by atoms with Crippen LogP contribution < -0.4 is 16.0 Å². The Morgan fingerprint density at radius 2 is 1.82 bits per heavy atom. The van der Waals surface area contributed by atoms with E-state index in [0.717, 1.165) is 23.8 Å². The third-order valence-electron chi connectivity index (χ3n) is 4.59. The Hall–Kier alpha value is -2.05. The second-order valence-electron chi connectivity index (χ2n) is 6.34. The highest BCUT2D eigenvalue weighted by atomic mass is 16.5. The van der Waals surface area contributed by atoms with Gasteiger partial charge in [0.2, 0.25) is 0 Å². The predicted octanol–water partition coefficient (Wildman–Crippen LogP) is 0.928. The van der Waals surface area contributed by atoms with Crippen molar-refractivity contribution in [2.75, 3.05) is 0 Å². The van der Waals surface area contributed by atoms with Crippen LogP contribution in [0.15, 0.2) is 9.59 Å². The van der Waals surface area contributed by atoms with Crippen LogP contribution in [-0.2, 0) is 21.1 Å². The molecule has 0 N–H and O–H groups in total. The van der Waals surface area contributed by atoms with Crippen molar-refractivity contribution >= 4 is 11.2 Å². The van der Waals surface area contributed by atoms with Gasteiger partial charge in [-0.15, -0.1) is 0 Å². The molecule has 0 unspecified atom stereocenters. The average Bonchev–Trinajstić information content (AvgIpc) is 2.80. The Morgan fingerprint density at radius 3 is 2.50 bits per heavy atom. The number of hydrogen-bond donors (Lipinski definition) is 0. The minimum atomic E-state index is -0.381. The van der Waals surface area contributed by atoms with Crippen LogP contribution in [0.2, 0.25) is 0 Å². The zero-order chi connectivity index (χ0) is 16.0. The molecule has 7 nitrogen and oxygen atoms in total. The first kappa shape index (κ1) is 14.9. The molecule has 3 rings (SSSR count). The third kappa shape index (κ3) is 2.24. The van der Waals surface area contributed by atoms with E-state index in [4.69, 9.17) is 4.74 Å². The molecule has 1 aliphatic rings. The Labute approximate surface area is 128 Å². The molecule has 2 heterocycles. The molecule has 0 radical (unpaired) electrons. The molecule has 0 saturated heterocycles. The lowest BCUT2D eigenvalue weighted by molar-refractivity contribution is 0.115. The van der Waals surface area contributed by atoms with Crippen molar-refractivity contribution in [3.63, 3.8) is 0 Å². The van der Waals surface area contributed by atoms with Crippen LogP contribution in [0.4, 0.5) is 0 Å². The molecule has 1 fully saturated rings. The number of aromatic nitrogens is 4. The smallest absolute Gasteiger partial charge is 0.332 e. The largest absolute Gasteiger partial charge is 0.461 e. The third-order valence-corrected chi connectivity index (χ3v) is 4.59. The summed E-state index contributed by atoms with van der Waals surface area (Å²) in [6.07, 6.45) is 4.51. The van der Waals surface area contributed by atoms with Crippen LogP contribution in [0.25, 0.3) is 11.2 Å². The fourth-order valence-corrected chi connectivity index (χ4v) is 3.24. The van der Waals surface area contributed by atoms with E-state index in [9.17, 15) is 9.59 Å². The molecule has 7 heteroatoms. The van der Waals surface area contributed by atoms with Gasteiger partial charge in [0.1, 0.15) is 6.10 Å². The number of hydrogen-bond acceptors (Lipinski definition) is 4. The number of nitrogens with zero attached hydrogens (tertiary/aromatic N) is 4. The van der Waals surface area contributed by atoms with Crippen molar-refractivity contribution in [1.82, 2.24) is 18.7 Å². The zero-order valence-corrected chi connectivity index (χ0v) is 13.5. The molecule has 1 aliphatic carbocycles. The van der Waals surface area contributed by atoms with Crippen molar-refractivity contribution in [1.29, 1.82) is 0 Å². The van der Waals surface area contributed by atoms with E-state index in [2.05, 4.69) is 11.9 Å². The Kier molecular flexibility index (Phi) is 3.58. The maximum absolute atomic E-state index is 12.3. The van der Waals surface area contributed by atoms with Crippen molar-refractivity contribution in [2.24, 2.45) is 27.1 Å². The van der Waals surface area contributed by atoms with Gasteiger partial charge in [0, 0.05) is 21.1 Å². The minimum Gasteiger partial charge on any atom is -0.461 e. The molecule has 2 aromatic heterocycles. The first-order valence-corrected chi connectivity index (χ1v) is 7.69. The Morgan fingerprint density at radius 1 is 1.09 bits per heavy atom. The first-order chi connectivity index (χ1) is 10.4. The van der Waals surface area contributed by atoms with Crippen molar-refractivity contribution in [2.45, 2.75) is 38.7 Å². The number of fused-ring (bicyclic) bond motifs is 1. The summed E-state index contributed by atoms with van der Waals surface area (Å²) < 4.78 is 10.1. The van der Waals surface area contributed by atoms with Crippen LogP contribution >= 0.6 is 0 Å². The second kappa shape index (κ2) is 5.30. The maximum atomic E-state index is 12.3. The van der Waals surface area contributed by atoms with Crippen LogP contribution in [-0.4, -0.2) is 24.8 Å². The lowest BCUT2D eigenvalue weighted by atomic mass is 9.89. The van der Waals surface area contributed by atoms with Crippen molar-refractivity contribution < 1.29 is 4.74 Å². The molecular formula is C15H22N4O3. The molecule has 120 valence electrons. The van der Waals surface area contributed by atoms with E-state index in [-0.39, 0.29) is 17.4 Å². The molecule has 2 aromatic rings. The summed E-state index contributed by atoms with van der Waals surface area (Å²) >= 11 is 0. The van der Waals surface area contributed by atoms with E-state index in [1.165, 1.54) is 18.0 Å². The highest BCUT2D eigenvalue weighted by Crippen LogP contribution is 2.27. The molecule has 0 spiro atoms. The van der Waals surface area contributed by atoms with Gasteiger partial charge in [0.15, 0.2) is 11.2 Å². The van der Waals surface area contributed by atoms with Gasteiger partial charge in [0.05, 0.1) is 0 Å². The Bertz CT molecular complexity index is 830. The molecule has 22 heavy (non-hydrogen) atoms. The van der Waals surface area contributed by atoms with Gasteiger partial charge in [-0.25, -0.2) is 4.79 Å². The summed E-state index contributed by atoms with van der Waals surface area (Å²) in [5, 5.41) is 0. The minimum absolute atomic E-state index is 0.125. The van der Waals surface area contributed by atoms with E-state index in [0.29, 0.717) is 23.1 Å². The fraction of sp³-hybridized carbons (Fsp3) is 0.667. The van der Waals surface area contributed by atoms with E-state index >= 15 is 0 Å². The van der Waals surface area contributed by atoms with E-state index < -0.39 is 0 Å². The number of aryl methyl sites for hydroxylation is 2. The van der Waals surface area contributed by atoms with Gasteiger partial charge in [-0.05, 0) is 25.2 Å². The van der Waals surface area contributed by atoms with Crippen LogP contribution in [0, 0.1) is 5.92 Å². The highest BCUT2D eigenvalue weighted by molar-refractivity contribution is 5.71.